The highest BCUT2D eigenvalue weighted by molar-refractivity contribution is 5.91. The number of benzene rings is 1. The van der Waals surface area contributed by atoms with E-state index in [1.54, 1.807) is 16.8 Å². The standard InChI is InChI=1S/C16H20FN3O2/c1-16(2,3)13-9-14(18-15(21)10-22-4)20(19-13)12-7-5-11(17)6-8-12/h5-9H,10H2,1-4H3,(H,18,21). The molecule has 0 aliphatic heterocycles. The van der Waals surface area contributed by atoms with Gasteiger partial charge in [0.1, 0.15) is 18.2 Å². The van der Waals surface area contributed by atoms with Gasteiger partial charge in [-0.2, -0.15) is 5.10 Å². The van der Waals surface area contributed by atoms with Gasteiger partial charge in [0, 0.05) is 18.6 Å². The maximum absolute atomic E-state index is 13.1. The summed E-state index contributed by atoms with van der Waals surface area (Å²) in [5.41, 5.74) is 1.32. The number of hydrogen-bond acceptors (Lipinski definition) is 3. The van der Waals surface area contributed by atoms with Crippen molar-refractivity contribution < 1.29 is 13.9 Å². The Morgan fingerprint density at radius 2 is 1.95 bits per heavy atom. The molecule has 0 unspecified atom stereocenters. The molecule has 0 saturated carbocycles. The van der Waals surface area contributed by atoms with E-state index in [-0.39, 0.29) is 23.7 Å². The third kappa shape index (κ3) is 3.71. The second kappa shape index (κ2) is 6.27. The number of amides is 1. The quantitative estimate of drug-likeness (QED) is 0.945. The van der Waals surface area contributed by atoms with E-state index in [0.717, 1.165) is 5.69 Å². The van der Waals surface area contributed by atoms with Crippen molar-refractivity contribution in [3.8, 4) is 5.69 Å². The van der Waals surface area contributed by atoms with Gasteiger partial charge in [-0.05, 0) is 24.3 Å². The van der Waals surface area contributed by atoms with Gasteiger partial charge in [0.05, 0.1) is 11.4 Å². The Morgan fingerprint density at radius 3 is 2.50 bits per heavy atom. The lowest BCUT2D eigenvalue weighted by molar-refractivity contribution is -0.119. The predicted octanol–water partition coefficient (Wildman–Crippen LogP) is 2.89. The molecule has 1 amide bonds. The van der Waals surface area contributed by atoms with Gasteiger partial charge in [0.2, 0.25) is 0 Å². The zero-order valence-corrected chi connectivity index (χ0v) is 13.2. The van der Waals surface area contributed by atoms with E-state index in [4.69, 9.17) is 4.74 Å². The van der Waals surface area contributed by atoms with Crippen LogP contribution < -0.4 is 5.32 Å². The minimum Gasteiger partial charge on any atom is -0.375 e. The molecule has 118 valence electrons. The van der Waals surface area contributed by atoms with Crippen LogP contribution in [0.15, 0.2) is 30.3 Å². The van der Waals surface area contributed by atoms with Gasteiger partial charge in [-0.15, -0.1) is 0 Å². The van der Waals surface area contributed by atoms with Crippen molar-refractivity contribution in [3.05, 3.63) is 41.8 Å². The maximum Gasteiger partial charge on any atom is 0.251 e. The van der Waals surface area contributed by atoms with Gasteiger partial charge >= 0.3 is 0 Å². The largest absolute Gasteiger partial charge is 0.375 e. The summed E-state index contributed by atoms with van der Waals surface area (Å²) in [6.45, 7) is 6.06. The summed E-state index contributed by atoms with van der Waals surface area (Å²) in [6.07, 6.45) is 0. The first kappa shape index (κ1) is 16.2. The molecule has 2 rings (SSSR count). The number of rotatable bonds is 4. The van der Waals surface area contributed by atoms with E-state index in [0.29, 0.717) is 11.5 Å². The van der Waals surface area contributed by atoms with Crippen LogP contribution in [-0.4, -0.2) is 29.4 Å². The van der Waals surface area contributed by atoms with Crippen LogP contribution in [0, 0.1) is 5.82 Å². The molecule has 2 aromatic rings. The molecule has 0 radical (unpaired) electrons. The highest BCUT2D eigenvalue weighted by Gasteiger charge is 2.21. The summed E-state index contributed by atoms with van der Waals surface area (Å²) < 4.78 is 19.5. The van der Waals surface area contributed by atoms with Crippen LogP contribution in [0.25, 0.3) is 5.69 Å². The van der Waals surface area contributed by atoms with Gasteiger partial charge in [0.25, 0.3) is 5.91 Å². The lowest BCUT2D eigenvalue weighted by atomic mass is 9.92. The van der Waals surface area contributed by atoms with E-state index >= 15 is 0 Å². The van der Waals surface area contributed by atoms with E-state index < -0.39 is 0 Å². The van der Waals surface area contributed by atoms with E-state index in [1.807, 2.05) is 26.8 Å². The van der Waals surface area contributed by atoms with Gasteiger partial charge in [-0.3, -0.25) is 4.79 Å². The van der Waals surface area contributed by atoms with Crippen molar-refractivity contribution >= 4 is 11.7 Å². The Bertz CT molecular complexity index is 657. The zero-order valence-electron chi connectivity index (χ0n) is 13.2. The Labute approximate surface area is 129 Å². The fourth-order valence-corrected chi connectivity index (χ4v) is 1.93. The minimum absolute atomic E-state index is 0.0422. The van der Waals surface area contributed by atoms with Crippen molar-refractivity contribution in [1.82, 2.24) is 9.78 Å². The van der Waals surface area contributed by atoms with Gasteiger partial charge in [-0.25, -0.2) is 9.07 Å². The third-order valence-electron chi connectivity index (χ3n) is 3.09. The summed E-state index contributed by atoms with van der Waals surface area (Å²) in [6, 6.07) is 7.75. The monoisotopic (exact) mass is 305 g/mol. The molecule has 5 nitrogen and oxygen atoms in total. The Kier molecular flexibility index (Phi) is 4.61. The van der Waals surface area contributed by atoms with E-state index in [1.165, 1.54) is 19.2 Å². The fraction of sp³-hybridized carbons (Fsp3) is 0.375. The SMILES string of the molecule is COCC(=O)Nc1cc(C(C)(C)C)nn1-c1ccc(F)cc1. The fourth-order valence-electron chi connectivity index (χ4n) is 1.93. The van der Waals surface area contributed by atoms with Gasteiger partial charge in [-0.1, -0.05) is 20.8 Å². The average Bonchev–Trinajstić information content (AvgIpc) is 2.83. The second-order valence-corrected chi connectivity index (χ2v) is 6.03. The normalized spacial score (nSPS) is 11.5. The first-order valence-corrected chi connectivity index (χ1v) is 6.96. The van der Waals surface area contributed by atoms with Crippen LogP contribution in [0.5, 0.6) is 0 Å². The number of carbonyl (C=O) groups is 1. The van der Waals surface area contributed by atoms with Crippen molar-refractivity contribution in [2.45, 2.75) is 26.2 Å². The number of halogens is 1. The second-order valence-electron chi connectivity index (χ2n) is 6.03. The molecule has 1 N–H and O–H groups in total. The molecule has 0 bridgehead atoms. The Balaban J connectivity index is 2.43. The van der Waals surface area contributed by atoms with Crippen LogP contribution in [0.1, 0.15) is 26.5 Å². The van der Waals surface area contributed by atoms with Crippen molar-refractivity contribution in [2.75, 3.05) is 19.0 Å². The molecular weight excluding hydrogens is 285 g/mol. The number of aromatic nitrogens is 2. The van der Waals surface area contributed by atoms with Crippen molar-refractivity contribution in [1.29, 1.82) is 0 Å². The minimum atomic E-state index is -0.322. The molecule has 0 aliphatic rings. The van der Waals surface area contributed by atoms with Crippen LogP contribution >= 0.6 is 0 Å². The molecule has 1 aromatic heterocycles. The maximum atomic E-state index is 13.1. The molecule has 0 fully saturated rings. The van der Waals surface area contributed by atoms with Crippen LogP contribution in [0.3, 0.4) is 0 Å². The number of anilines is 1. The van der Waals surface area contributed by atoms with E-state index in [9.17, 15) is 9.18 Å². The lowest BCUT2D eigenvalue weighted by Gasteiger charge is -2.14. The summed E-state index contributed by atoms with van der Waals surface area (Å²) in [7, 11) is 1.46. The molecule has 0 aliphatic carbocycles. The molecule has 6 heteroatoms. The zero-order chi connectivity index (χ0) is 16.3. The number of nitrogens with one attached hydrogen (secondary N) is 1. The lowest BCUT2D eigenvalue weighted by Crippen LogP contribution is -2.19. The molecular formula is C16H20FN3O2. The highest BCUT2D eigenvalue weighted by atomic mass is 19.1. The summed E-state index contributed by atoms with van der Waals surface area (Å²) >= 11 is 0. The third-order valence-corrected chi connectivity index (χ3v) is 3.09. The van der Waals surface area contributed by atoms with Gasteiger partial charge in [0.15, 0.2) is 0 Å². The number of ether oxygens (including phenoxy) is 1. The molecule has 22 heavy (non-hydrogen) atoms. The van der Waals surface area contributed by atoms with Crippen LogP contribution in [-0.2, 0) is 14.9 Å². The average molecular weight is 305 g/mol. The predicted molar refractivity (Wildman–Crippen MR) is 82.7 cm³/mol. The number of nitrogens with zero attached hydrogens (tertiary/aromatic N) is 2. The summed E-state index contributed by atoms with van der Waals surface area (Å²) in [4.78, 5) is 11.8. The smallest absolute Gasteiger partial charge is 0.251 e. The van der Waals surface area contributed by atoms with Crippen LogP contribution in [0.2, 0.25) is 0 Å². The topological polar surface area (TPSA) is 56.1 Å². The molecule has 0 atom stereocenters. The number of methoxy groups -OCH3 is 1. The highest BCUT2D eigenvalue weighted by Crippen LogP contribution is 2.26. The first-order chi connectivity index (χ1) is 10.3. The first-order valence-electron chi connectivity index (χ1n) is 6.96. The van der Waals surface area contributed by atoms with E-state index in [2.05, 4.69) is 10.4 Å². The molecule has 0 spiro atoms. The summed E-state index contributed by atoms with van der Waals surface area (Å²) in [5, 5.41) is 7.29. The molecule has 1 heterocycles. The van der Waals surface area contributed by atoms with Gasteiger partial charge < -0.3 is 10.1 Å². The Morgan fingerprint density at radius 1 is 1.32 bits per heavy atom. The Hall–Kier alpha value is -2.21. The number of carbonyl (C=O) groups excluding carboxylic acids is 1. The molecule has 0 saturated heterocycles. The van der Waals surface area contributed by atoms with Crippen LogP contribution in [0.4, 0.5) is 10.2 Å². The molecule has 1 aromatic carbocycles. The van der Waals surface area contributed by atoms with Crippen molar-refractivity contribution in [2.24, 2.45) is 0 Å². The summed E-state index contributed by atoms with van der Waals surface area (Å²) in [5.74, 6) is -0.0678. The number of hydrogen-bond donors (Lipinski definition) is 1. The van der Waals surface area contributed by atoms with Crippen molar-refractivity contribution in [3.63, 3.8) is 0 Å².